The molecule has 4 heteroatoms. The van der Waals surface area contributed by atoms with Gasteiger partial charge in [0, 0.05) is 5.30 Å². The molecule has 0 N–H and O–H groups in total. The van der Waals surface area contributed by atoms with Crippen LogP contribution in [0.1, 0.15) is 11.4 Å². The van der Waals surface area contributed by atoms with Crippen LogP contribution in [0.4, 0.5) is 0 Å². The van der Waals surface area contributed by atoms with E-state index in [1.165, 1.54) is 5.30 Å². The van der Waals surface area contributed by atoms with Gasteiger partial charge in [-0.05, 0) is 26.8 Å². The number of methoxy groups -OCH3 is 2. The Morgan fingerprint density at radius 2 is 1.63 bits per heavy atom. The maximum atomic E-state index is 6.03. The van der Waals surface area contributed by atoms with Crippen molar-refractivity contribution in [3.05, 3.63) is 48.0 Å². The average Bonchev–Trinajstić information content (AvgIpc) is 2.89. The zero-order chi connectivity index (χ0) is 13.2. The number of hydrogen-bond acceptors (Lipinski definition) is 3. The smallest absolute Gasteiger partial charge is 0.150 e. The lowest BCUT2D eigenvalue weighted by molar-refractivity contribution is 0.284. The third-order valence-electron chi connectivity index (χ3n) is 3.15. The van der Waals surface area contributed by atoms with Crippen LogP contribution in [0.3, 0.4) is 0 Å². The highest BCUT2D eigenvalue weighted by atomic mass is 31.1. The van der Waals surface area contributed by atoms with Crippen molar-refractivity contribution in [1.82, 2.24) is 0 Å². The minimum atomic E-state index is -0.0245. The van der Waals surface area contributed by atoms with E-state index < -0.39 is 0 Å². The number of benzene rings is 2. The third kappa shape index (κ3) is 2.15. The second-order valence-electron chi connectivity index (χ2n) is 4.21. The zero-order valence-electron chi connectivity index (χ0n) is 10.8. The van der Waals surface area contributed by atoms with Crippen molar-refractivity contribution in [1.29, 1.82) is 0 Å². The number of fused-ring (bicyclic) bond motifs is 1. The maximum Gasteiger partial charge on any atom is 0.150 e. The average molecular weight is 274 g/mol. The Labute approximate surface area is 114 Å². The Bertz CT molecular complexity index is 550. The molecule has 0 fully saturated rings. The topological polar surface area (TPSA) is 27.7 Å². The molecule has 2 unspecified atom stereocenters. The van der Waals surface area contributed by atoms with E-state index in [1.54, 1.807) is 14.2 Å². The van der Waals surface area contributed by atoms with Crippen molar-refractivity contribution in [3.63, 3.8) is 0 Å². The van der Waals surface area contributed by atoms with E-state index in [0.29, 0.717) is 8.58 Å². The van der Waals surface area contributed by atoms with Crippen LogP contribution >= 0.6 is 8.58 Å². The summed E-state index contributed by atoms with van der Waals surface area (Å²) in [6.07, 6.45) is 0. The Balaban J connectivity index is 2.01. The molecule has 0 radical (unpaired) electrons. The Hall–Kier alpha value is -1.73. The summed E-state index contributed by atoms with van der Waals surface area (Å²) in [5.74, 6) is 2.55. The molecule has 0 bridgehead atoms. The van der Waals surface area contributed by atoms with Gasteiger partial charge in [-0.25, -0.2) is 0 Å². The number of rotatable bonds is 3. The van der Waals surface area contributed by atoms with Crippen molar-refractivity contribution >= 4 is 13.9 Å². The fourth-order valence-corrected chi connectivity index (χ4v) is 3.63. The van der Waals surface area contributed by atoms with Gasteiger partial charge in [0.1, 0.15) is 17.2 Å². The highest BCUT2D eigenvalue weighted by molar-refractivity contribution is 7.48. The predicted molar refractivity (Wildman–Crippen MR) is 77.3 cm³/mol. The van der Waals surface area contributed by atoms with E-state index in [4.69, 9.17) is 14.2 Å². The van der Waals surface area contributed by atoms with Crippen LogP contribution in [-0.2, 0) is 0 Å². The molecule has 0 amide bonds. The summed E-state index contributed by atoms with van der Waals surface area (Å²) in [5, 5.41) is 1.25. The molecule has 1 heterocycles. The monoisotopic (exact) mass is 274 g/mol. The molecule has 0 spiro atoms. The molecule has 2 aromatic carbocycles. The van der Waals surface area contributed by atoms with Gasteiger partial charge >= 0.3 is 0 Å². The van der Waals surface area contributed by atoms with E-state index in [1.807, 2.05) is 36.4 Å². The fraction of sp³-hybridized carbons (Fsp3) is 0.200. The molecule has 1 aliphatic heterocycles. The van der Waals surface area contributed by atoms with E-state index in [-0.39, 0.29) is 5.85 Å². The molecule has 1 aliphatic rings. The van der Waals surface area contributed by atoms with Crippen molar-refractivity contribution in [2.45, 2.75) is 5.85 Å². The first-order valence-electron chi connectivity index (χ1n) is 6.06. The van der Waals surface area contributed by atoms with Crippen LogP contribution < -0.4 is 19.5 Å². The summed E-state index contributed by atoms with van der Waals surface area (Å²) in [4.78, 5) is 0. The molecule has 2 aromatic rings. The lowest BCUT2D eigenvalue weighted by Crippen LogP contribution is -2.03. The molecule has 0 saturated heterocycles. The number of ether oxygens (including phenoxy) is 3. The molecule has 19 heavy (non-hydrogen) atoms. The van der Waals surface area contributed by atoms with Gasteiger partial charge in [-0.15, -0.1) is 0 Å². The summed E-state index contributed by atoms with van der Waals surface area (Å²) in [6, 6.07) is 13.9. The Kier molecular flexibility index (Phi) is 3.31. The van der Waals surface area contributed by atoms with Crippen molar-refractivity contribution in [3.8, 4) is 17.2 Å². The summed E-state index contributed by atoms with van der Waals surface area (Å²) >= 11 is 0. The fourth-order valence-electron chi connectivity index (χ4n) is 2.26. The SMILES string of the molecule is COc1cccc(OC)c1C1Oc2ccccc2P1. The van der Waals surface area contributed by atoms with Gasteiger partial charge in [0.25, 0.3) is 0 Å². The van der Waals surface area contributed by atoms with Gasteiger partial charge in [-0.2, -0.15) is 0 Å². The first kappa shape index (κ1) is 12.3. The second kappa shape index (κ2) is 5.10. The van der Waals surface area contributed by atoms with Crippen LogP contribution in [0.5, 0.6) is 17.2 Å². The van der Waals surface area contributed by atoms with Gasteiger partial charge in [0.05, 0.1) is 19.8 Å². The zero-order valence-corrected chi connectivity index (χ0v) is 11.8. The van der Waals surface area contributed by atoms with E-state index in [2.05, 4.69) is 6.07 Å². The van der Waals surface area contributed by atoms with Crippen LogP contribution in [0.15, 0.2) is 42.5 Å². The lowest BCUT2D eigenvalue weighted by Gasteiger charge is -2.18. The van der Waals surface area contributed by atoms with Crippen molar-refractivity contribution in [2.75, 3.05) is 14.2 Å². The molecule has 98 valence electrons. The summed E-state index contributed by atoms with van der Waals surface area (Å²) < 4.78 is 16.9. The Morgan fingerprint density at radius 1 is 0.947 bits per heavy atom. The van der Waals surface area contributed by atoms with Crippen LogP contribution in [-0.4, -0.2) is 14.2 Å². The lowest BCUT2D eigenvalue weighted by atomic mass is 10.2. The molecule has 3 rings (SSSR count). The first-order chi connectivity index (χ1) is 9.33. The molecule has 0 aliphatic carbocycles. The minimum absolute atomic E-state index is 0.0245. The maximum absolute atomic E-state index is 6.03. The van der Waals surface area contributed by atoms with Gasteiger partial charge in [0.15, 0.2) is 5.85 Å². The quantitative estimate of drug-likeness (QED) is 0.805. The third-order valence-corrected chi connectivity index (χ3v) is 4.54. The van der Waals surface area contributed by atoms with Crippen molar-refractivity contribution in [2.24, 2.45) is 0 Å². The molecule has 0 aromatic heterocycles. The summed E-state index contributed by atoms with van der Waals surface area (Å²) in [6.45, 7) is 0. The minimum Gasteiger partial charge on any atom is -0.496 e. The van der Waals surface area contributed by atoms with Gasteiger partial charge in [0.2, 0.25) is 0 Å². The number of para-hydroxylation sites is 1. The van der Waals surface area contributed by atoms with Crippen LogP contribution in [0.25, 0.3) is 0 Å². The highest BCUT2D eigenvalue weighted by Gasteiger charge is 2.29. The first-order valence-corrected chi connectivity index (χ1v) is 7.14. The molecular formula is C15H15O3P. The summed E-state index contributed by atoms with van der Waals surface area (Å²) in [5.41, 5.74) is 0.988. The predicted octanol–water partition coefficient (Wildman–Crippen LogP) is 3.10. The number of hydrogen-bond donors (Lipinski definition) is 0. The Morgan fingerprint density at radius 3 is 2.26 bits per heavy atom. The molecule has 3 nitrogen and oxygen atoms in total. The highest BCUT2D eigenvalue weighted by Crippen LogP contribution is 2.49. The second-order valence-corrected chi connectivity index (χ2v) is 5.57. The van der Waals surface area contributed by atoms with Crippen molar-refractivity contribution < 1.29 is 14.2 Å². The standard InChI is InChI=1S/C15H15O3P/c1-16-11-7-5-8-12(17-2)14(11)15-18-10-6-3-4-9-13(10)19-15/h3-9,15,19H,1-2H3. The van der Waals surface area contributed by atoms with Crippen LogP contribution in [0.2, 0.25) is 0 Å². The summed E-state index contributed by atoms with van der Waals surface area (Å²) in [7, 11) is 3.91. The van der Waals surface area contributed by atoms with E-state index >= 15 is 0 Å². The largest absolute Gasteiger partial charge is 0.496 e. The van der Waals surface area contributed by atoms with E-state index in [9.17, 15) is 0 Å². The molecule has 0 saturated carbocycles. The van der Waals surface area contributed by atoms with Crippen LogP contribution in [0, 0.1) is 0 Å². The van der Waals surface area contributed by atoms with E-state index in [0.717, 1.165) is 22.8 Å². The normalized spacial score (nSPS) is 17.9. The van der Waals surface area contributed by atoms with Gasteiger partial charge in [-0.3, -0.25) is 0 Å². The molecular weight excluding hydrogens is 259 g/mol. The van der Waals surface area contributed by atoms with Gasteiger partial charge < -0.3 is 14.2 Å². The molecule has 2 atom stereocenters. The van der Waals surface area contributed by atoms with Gasteiger partial charge in [-0.1, -0.05) is 24.3 Å².